The molecule has 1 aliphatic rings. The van der Waals surface area contributed by atoms with Gasteiger partial charge < -0.3 is 19.5 Å². The van der Waals surface area contributed by atoms with E-state index in [9.17, 15) is 4.79 Å². The number of hydrogen-bond donors (Lipinski definition) is 1. The minimum Gasteiger partial charge on any atom is -0.496 e. The number of anilines is 1. The number of ether oxygens (including phenoxy) is 3. The number of hydrogen-bond acceptors (Lipinski definition) is 6. The standard InChI is InChI=1S/C26H26N2O4/c1-17(26(13-14-26)19-10-11-22(31-3)23(15-19)32-4)28-24-12-9-18(16-27-24)25(29)20-7-5-6-8-21(20)30-2/h5-12,15-16H,1,13-14H2,2-4H3,(H,27,28). The largest absolute Gasteiger partial charge is 0.496 e. The van der Waals surface area contributed by atoms with Crippen molar-refractivity contribution in [3.8, 4) is 17.2 Å². The Morgan fingerprint density at radius 1 is 0.938 bits per heavy atom. The van der Waals surface area contributed by atoms with E-state index in [1.54, 1.807) is 51.8 Å². The Morgan fingerprint density at radius 2 is 1.66 bits per heavy atom. The van der Waals surface area contributed by atoms with Crippen molar-refractivity contribution >= 4 is 11.6 Å². The molecular weight excluding hydrogens is 404 g/mol. The van der Waals surface area contributed by atoms with Crippen LogP contribution in [0.4, 0.5) is 5.82 Å². The van der Waals surface area contributed by atoms with Gasteiger partial charge in [0.1, 0.15) is 11.6 Å². The average Bonchev–Trinajstić information content (AvgIpc) is 3.66. The summed E-state index contributed by atoms with van der Waals surface area (Å²) in [5.74, 6) is 2.44. The summed E-state index contributed by atoms with van der Waals surface area (Å²) >= 11 is 0. The number of carbonyl (C=O) groups is 1. The highest BCUT2D eigenvalue weighted by Crippen LogP contribution is 2.54. The van der Waals surface area contributed by atoms with Crippen LogP contribution >= 0.6 is 0 Å². The lowest BCUT2D eigenvalue weighted by molar-refractivity contribution is 0.103. The Hall–Kier alpha value is -3.80. The third kappa shape index (κ3) is 3.91. The van der Waals surface area contributed by atoms with Gasteiger partial charge in [-0.1, -0.05) is 24.8 Å². The number of para-hydroxylation sites is 1. The average molecular weight is 431 g/mol. The van der Waals surface area contributed by atoms with Crippen LogP contribution in [0.15, 0.2) is 73.1 Å². The smallest absolute Gasteiger partial charge is 0.198 e. The molecule has 2 aromatic carbocycles. The second-order valence-electron chi connectivity index (χ2n) is 7.72. The lowest BCUT2D eigenvalue weighted by atomic mass is 9.92. The number of benzene rings is 2. The van der Waals surface area contributed by atoms with Crippen LogP contribution in [0.3, 0.4) is 0 Å². The van der Waals surface area contributed by atoms with Crippen molar-refractivity contribution in [1.82, 2.24) is 4.98 Å². The Bertz CT molecular complexity index is 1150. The highest BCUT2D eigenvalue weighted by molar-refractivity contribution is 6.10. The van der Waals surface area contributed by atoms with Crippen molar-refractivity contribution in [2.75, 3.05) is 26.6 Å². The Balaban J connectivity index is 1.50. The van der Waals surface area contributed by atoms with E-state index in [0.717, 1.165) is 24.1 Å². The van der Waals surface area contributed by atoms with Crippen LogP contribution < -0.4 is 19.5 Å². The van der Waals surface area contributed by atoms with Gasteiger partial charge in [-0.05, 0) is 54.8 Å². The van der Waals surface area contributed by atoms with Gasteiger partial charge in [0.25, 0.3) is 0 Å². The quantitative estimate of drug-likeness (QED) is 0.482. The molecule has 164 valence electrons. The minimum atomic E-state index is -0.173. The van der Waals surface area contributed by atoms with Crippen molar-refractivity contribution in [3.05, 3.63) is 89.8 Å². The summed E-state index contributed by atoms with van der Waals surface area (Å²) in [7, 11) is 4.81. The van der Waals surface area contributed by atoms with E-state index in [1.165, 1.54) is 0 Å². The zero-order valence-corrected chi connectivity index (χ0v) is 18.5. The first kappa shape index (κ1) is 21.4. The Morgan fingerprint density at radius 3 is 2.28 bits per heavy atom. The SMILES string of the molecule is C=C(Nc1ccc(C(=O)c2ccccc2OC)cn1)C1(c2ccc(OC)c(OC)c2)CC1. The molecule has 1 aliphatic carbocycles. The first-order valence-corrected chi connectivity index (χ1v) is 10.3. The second-order valence-corrected chi connectivity index (χ2v) is 7.72. The monoisotopic (exact) mass is 430 g/mol. The molecule has 1 aromatic heterocycles. The summed E-state index contributed by atoms with van der Waals surface area (Å²) in [4.78, 5) is 17.3. The van der Waals surface area contributed by atoms with Gasteiger partial charge in [-0.2, -0.15) is 0 Å². The van der Waals surface area contributed by atoms with E-state index in [2.05, 4.69) is 16.9 Å². The maximum atomic E-state index is 12.8. The summed E-state index contributed by atoms with van der Waals surface area (Å²) in [5, 5.41) is 3.32. The van der Waals surface area contributed by atoms with Gasteiger partial charge in [-0.25, -0.2) is 4.98 Å². The van der Waals surface area contributed by atoms with Gasteiger partial charge in [-0.15, -0.1) is 0 Å². The van der Waals surface area contributed by atoms with E-state index in [1.807, 2.05) is 30.3 Å². The molecule has 0 bridgehead atoms. The van der Waals surface area contributed by atoms with Crippen LogP contribution in [-0.4, -0.2) is 32.1 Å². The molecule has 0 atom stereocenters. The summed E-state index contributed by atoms with van der Waals surface area (Å²) < 4.78 is 16.1. The molecule has 0 aliphatic heterocycles. The van der Waals surface area contributed by atoms with Crippen molar-refractivity contribution in [2.45, 2.75) is 18.3 Å². The van der Waals surface area contributed by atoms with Crippen molar-refractivity contribution in [1.29, 1.82) is 0 Å². The molecular formula is C26H26N2O4. The molecule has 0 spiro atoms. The molecule has 1 saturated carbocycles. The highest BCUT2D eigenvalue weighted by Gasteiger charge is 2.47. The fourth-order valence-electron chi connectivity index (χ4n) is 3.89. The number of pyridine rings is 1. The molecule has 1 fully saturated rings. The van der Waals surface area contributed by atoms with E-state index in [0.29, 0.717) is 34.2 Å². The van der Waals surface area contributed by atoms with Crippen LogP contribution in [0, 0.1) is 0 Å². The van der Waals surface area contributed by atoms with E-state index in [4.69, 9.17) is 14.2 Å². The van der Waals surface area contributed by atoms with Gasteiger partial charge in [0.05, 0.1) is 26.9 Å². The number of nitrogens with zero attached hydrogens (tertiary/aromatic N) is 1. The van der Waals surface area contributed by atoms with Crippen molar-refractivity contribution in [3.63, 3.8) is 0 Å². The van der Waals surface area contributed by atoms with E-state index >= 15 is 0 Å². The first-order chi connectivity index (χ1) is 15.5. The van der Waals surface area contributed by atoms with E-state index < -0.39 is 0 Å². The minimum absolute atomic E-state index is 0.135. The molecule has 1 N–H and O–H groups in total. The molecule has 6 nitrogen and oxygen atoms in total. The number of carbonyl (C=O) groups excluding carboxylic acids is 1. The number of rotatable bonds is 9. The predicted molar refractivity (Wildman–Crippen MR) is 124 cm³/mol. The van der Waals surface area contributed by atoms with Crippen LogP contribution in [0.5, 0.6) is 17.2 Å². The highest BCUT2D eigenvalue weighted by atomic mass is 16.5. The first-order valence-electron chi connectivity index (χ1n) is 10.3. The predicted octanol–water partition coefficient (Wildman–Crippen LogP) is 5.00. The van der Waals surface area contributed by atoms with Gasteiger partial charge in [0, 0.05) is 22.9 Å². The van der Waals surface area contributed by atoms with Crippen LogP contribution in [0.25, 0.3) is 0 Å². The number of methoxy groups -OCH3 is 3. The molecule has 0 radical (unpaired) electrons. The summed E-state index contributed by atoms with van der Waals surface area (Å²) in [5.41, 5.74) is 2.81. The van der Waals surface area contributed by atoms with E-state index in [-0.39, 0.29) is 11.2 Å². The summed E-state index contributed by atoms with van der Waals surface area (Å²) in [6, 6.07) is 16.7. The second kappa shape index (κ2) is 8.75. The topological polar surface area (TPSA) is 69.7 Å². The lowest BCUT2D eigenvalue weighted by Crippen LogP contribution is -2.17. The van der Waals surface area contributed by atoms with Crippen molar-refractivity contribution < 1.29 is 19.0 Å². The fourth-order valence-corrected chi connectivity index (χ4v) is 3.89. The molecule has 4 rings (SSSR count). The number of aromatic nitrogens is 1. The van der Waals surface area contributed by atoms with Gasteiger partial charge in [-0.3, -0.25) is 4.79 Å². The lowest BCUT2D eigenvalue weighted by Gasteiger charge is -2.21. The zero-order valence-electron chi connectivity index (χ0n) is 18.5. The molecule has 0 amide bonds. The molecule has 1 heterocycles. The van der Waals surface area contributed by atoms with Gasteiger partial charge in [0.15, 0.2) is 17.3 Å². The number of allylic oxidation sites excluding steroid dienone is 1. The van der Waals surface area contributed by atoms with Crippen molar-refractivity contribution in [2.24, 2.45) is 0 Å². The van der Waals surface area contributed by atoms with Crippen LogP contribution in [-0.2, 0) is 5.41 Å². The third-order valence-corrected chi connectivity index (χ3v) is 5.92. The molecule has 0 saturated heterocycles. The maximum absolute atomic E-state index is 12.8. The summed E-state index contributed by atoms with van der Waals surface area (Å²) in [6.45, 7) is 4.28. The number of nitrogens with one attached hydrogen (secondary N) is 1. The van der Waals surface area contributed by atoms with Crippen LogP contribution in [0.1, 0.15) is 34.3 Å². The number of ketones is 1. The molecule has 32 heavy (non-hydrogen) atoms. The molecule has 3 aromatic rings. The fraction of sp³-hybridized carbons (Fsp3) is 0.231. The molecule has 0 unspecified atom stereocenters. The van der Waals surface area contributed by atoms with Gasteiger partial charge in [0.2, 0.25) is 0 Å². The zero-order chi connectivity index (χ0) is 22.7. The third-order valence-electron chi connectivity index (χ3n) is 5.92. The van der Waals surface area contributed by atoms with Gasteiger partial charge >= 0.3 is 0 Å². The maximum Gasteiger partial charge on any atom is 0.198 e. The molecule has 6 heteroatoms. The van der Waals surface area contributed by atoms with Crippen LogP contribution in [0.2, 0.25) is 0 Å². The Labute approximate surface area is 187 Å². The summed E-state index contributed by atoms with van der Waals surface area (Å²) in [6.07, 6.45) is 3.54. The normalized spacial score (nSPS) is 13.7. The Kier molecular flexibility index (Phi) is 5.86.